The molecule has 1 fully saturated rings. The maximum Gasteiger partial charge on any atom is 0.0991 e. The van der Waals surface area contributed by atoms with E-state index in [0.29, 0.717) is 11.3 Å². The van der Waals surface area contributed by atoms with E-state index in [9.17, 15) is 0 Å². The number of thioether (sulfide) groups is 1. The second-order valence-corrected chi connectivity index (χ2v) is 5.31. The summed E-state index contributed by atoms with van der Waals surface area (Å²) < 4.78 is 0. The van der Waals surface area contributed by atoms with Crippen LogP contribution in [0.2, 0.25) is 0 Å². The Hall–Kier alpha value is -0.980. The molecule has 1 aliphatic rings. The van der Waals surface area contributed by atoms with Crippen molar-refractivity contribution < 1.29 is 0 Å². The largest absolute Gasteiger partial charge is 0.308 e. The molecular formula is C12H14N2S. The molecule has 0 radical (unpaired) electrons. The molecule has 2 nitrogen and oxygen atoms in total. The van der Waals surface area contributed by atoms with Crippen LogP contribution in [0, 0.1) is 11.3 Å². The Labute approximate surface area is 94.7 Å². The third-order valence-electron chi connectivity index (χ3n) is 2.62. The Morgan fingerprint density at radius 1 is 1.53 bits per heavy atom. The van der Waals surface area contributed by atoms with Crippen LogP contribution < -0.4 is 5.32 Å². The molecule has 1 N–H and O–H groups in total. The van der Waals surface area contributed by atoms with Crippen molar-refractivity contribution in [1.29, 1.82) is 5.26 Å². The summed E-state index contributed by atoms with van der Waals surface area (Å²) in [6, 6.07) is 10.5. The summed E-state index contributed by atoms with van der Waals surface area (Å²) in [6.07, 6.45) is 0. The normalized spacial score (nSPS) is 25.9. The van der Waals surface area contributed by atoms with Crippen LogP contribution in [0.1, 0.15) is 24.1 Å². The second-order valence-electron chi connectivity index (χ2n) is 3.84. The van der Waals surface area contributed by atoms with Crippen LogP contribution >= 0.6 is 11.8 Å². The Morgan fingerprint density at radius 3 is 3.07 bits per heavy atom. The minimum atomic E-state index is 0.402. The smallest absolute Gasteiger partial charge is 0.0991 e. The van der Waals surface area contributed by atoms with E-state index in [1.54, 1.807) is 0 Å². The standard InChI is InChI=1S/C12H14N2S/c1-9-7-14-12(8-15-9)11-4-2-3-10(5-11)6-13/h2-5,9,12,14H,7-8H2,1H3. The monoisotopic (exact) mass is 218 g/mol. The van der Waals surface area contributed by atoms with Gasteiger partial charge in [0, 0.05) is 23.6 Å². The Morgan fingerprint density at radius 2 is 2.40 bits per heavy atom. The van der Waals surface area contributed by atoms with Crippen LogP contribution in [0.25, 0.3) is 0 Å². The van der Waals surface area contributed by atoms with Gasteiger partial charge >= 0.3 is 0 Å². The van der Waals surface area contributed by atoms with E-state index in [2.05, 4.69) is 24.4 Å². The van der Waals surface area contributed by atoms with Crippen molar-refractivity contribution in [3.8, 4) is 6.07 Å². The highest BCUT2D eigenvalue weighted by Gasteiger charge is 2.19. The first-order chi connectivity index (χ1) is 7.29. The summed E-state index contributed by atoms with van der Waals surface area (Å²) in [5.41, 5.74) is 1.98. The van der Waals surface area contributed by atoms with Gasteiger partial charge in [0.05, 0.1) is 11.6 Å². The van der Waals surface area contributed by atoms with Gasteiger partial charge in [0.2, 0.25) is 0 Å². The third kappa shape index (κ3) is 2.53. The van der Waals surface area contributed by atoms with Gasteiger partial charge in [-0.1, -0.05) is 19.1 Å². The van der Waals surface area contributed by atoms with E-state index in [-0.39, 0.29) is 0 Å². The van der Waals surface area contributed by atoms with Gasteiger partial charge in [-0.05, 0) is 17.7 Å². The van der Waals surface area contributed by atoms with Crippen LogP contribution in [0.15, 0.2) is 24.3 Å². The Bertz CT molecular complexity index is 375. The van der Waals surface area contributed by atoms with Crippen LogP contribution in [0.3, 0.4) is 0 Å². The van der Waals surface area contributed by atoms with Crippen molar-refractivity contribution >= 4 is 11.8 Å². The van der Waals surface area contributed by atoms with Crippen LogP contribution in [0.5, 0.6) is 0 Å². The average molecular weight is 218 g/mol. The van der Waals surface area contributed by atoms with Gasteiger partial charge in [0.15, 0.2) is 0 Å². The predicted octanol–water partition coefficient (Wildman–Crippen LogP) is 2.32. The van der Waals surface area contributed by atoms with Crippen molar-refractivity contribution in [3.05, 3.63) is 35.4 Å². The molecule has 0 spiro atoms. The number of nitrogens with zero attached hydrogens (tertiary/aromatic N) is 1. The zero-order chi connectivity index (χ0) is 10.7. The maximum atomic E-state index is 8.83. The molecule has 0 amide bonds. The molecule has 1 aliphatic heterocycles. The van der Waals surface area contributed by atoms with E-state index in [4.69, 9.17) is 5.26 Å². The molecule has 0 aromatic heterocycles. The van der Waals surface area contributed by atoms with Crippen LogP contribution in [0.4, 0.5) is 0 Å². The fourth-order valence-electron chi connectivity index (χ4n) is 1.73. The number of hydrogen-bond acceptors (Lipinski definition) is 3. The van der Waals surface area contributed by atoms with Crippen molar-refractivity contribution in [1.82, 2.24) is 5.32 Å². The molecule has 2 unspecified atom stereocenters. The Balaban J connectivity index is 2.12. The SMILES string of the molecule is CC1CNC(c2cccc(C#N)c2)CS1. The zero-order valence-corrected chi connectivity index (χ0v) is 9.55. The van der Waals surface area contributed by atoms with E-state index < -0.39 is 0 Å². The molecule has 78 valence electrons. The van der Waals surface area contributed by atoms with Crippen molar-refractivity contribution in [2.75, 3.05) is 12.3 Å². The molecule has 1 heterocycles. The second kappa shape index (κ2) is 4.69. The van der Waals surface area contributed by atoms with Gasteiger partial charge in [0.25, 0.3) is 0 Å². The first-order valence-electron chi connectivity index (χ1n) is 5.14. The maximum absolute atomic E-state index is 8.83. The van der Waals surface area contributed by atoms with E-state index in [1.165, 1.54) is 5.56 Å². The number of rotatable bonds is 1. The third-order valence-corrected chi connectivity index (χ3v) is 3.88. The summed E-state index contributed by atoms with van der Waals surface area (Å²) in [6.45, 7) is 3.28. The molecule has 1 aromatic carbocycles. The number of hydrogen-bond donors (Lipinski definition) is 1. The van der Waals surface area contributed by atoms with Gasteiger partial charge in [-0.15, -0.1) is 0 Å². The predicted molar refractivity (Wildman–Crippen MR) is 63.8 cm³/mol. The summed E-state index contributed by atoms with van der Waals surface area (Å²) in [4.78, 5) is 0. The van der Waals surface area contributed by atoms with E-state index in [0.717, 1.165) is 17.9 Å². The molecule has 15 heavy (non-hydrogen) atoms. The molecule has 2 atom stereocenters. The lowest BCUT2D eigenvalue weighted by atomic mass is 10.1. The van der Waals surface area contributed by atoms with Gasteiger partial charge in [0.1, 0.15) is 0 Å². The van der Waals surface area contributed by atoms with Gasteiger partial charge < -0.3 is 5.32 Å². The van der Waals surface area contributed by atoms with Crippen molar-refractivity contribution in [3.63, 3.8) is 0 Å². The summed E-state index contributed by atoms with van der Waals surface area (Å²) in [7, 11) is 0. The molecule has 3 heteroatoms. The van der Waals surface area contributed by atoms with Crippen molar-refractivity contribution in [2.45, 2.75) is 18.2 Å². The zero-order valence-electron chi connectivity index (χ0n) is 8.73. The molecular weight excluding hydrogens is 204 g/mol. The Kier molecular flexibility index (Phi) is 3.30. The lowest BCUT2D eigenvalue weighted by Crippen LogP contribution is -2.34. The van der Waals surface area contributed by atoms with Gasteiger partial charge in [-0.2, -0.15) is 17.0 Å². The number of nitriles is 1. The van der Waals surface area contributed by atoms with E-state index >= 15 is 0 Å². The van der Waals surface area contributed by atoms with E-state index in [1.807, 2.05) is 30.0 Å². The first kappa shape index (κ1) is 10.5. The summed E-state index contributed by atoms with van der Waals surface area (Å²) >= 11 is 1.99. The molecule has 2 rings (SSSR count). The molecule has 0 saturated carbocycles. The first-order valence-corrected chi connectivity index (χ1v) is 6.19. The topological polar surface area (TPSA) is 35.8 Å². The fraction of sp³-hybridized carbons (Fsp3) is 0.417. The molecule has 0 bridgehead atoms. The average Bonchev–Trinajstić information content (AvgIpc) is 2.30. The molecule has 1 saturated heterocycles. The number of benzene rings is 1. The van der Waals surface area contributed by atoms with Crippen LogP contribution in [-0.4, -0.2) is 17.5 Å². The number of nitrogens with one attached hydrogen (secondary N) is 1. The lowest BCUT2D eigenvalue weighted by Gasteiger charge is -2.27. The minimum Gasteiger partial charge on any atom is -0.308 e. The highest BCUT2D eigenvalue weighted by molar-refractivity contribution is 8.00. The minimum absolute atomic E-state index is 0.402. The fourth-order valence-corrected chi connectivity index (χ4v) is 2.77. The lowest BCUT2D eigenvalue weighted by molar-refractivity contribution is 0.563. The van der Waals surface area contributed by atoms with Crippen LogP contribution in [-0.2, 0) is 0 Å². The summed E-state index contributed by atoms with van der Waals surface area (Å²) in [5, 5.41) is 13.0. The van der Waals surface area contributed by atoms with Crippen molar-refractivity contribution in [2.24, 2.45) is 0 Å². The van der Waals surface area contributed by atoms with Gasteiger partial charge in [-0.3, -0.25) is 0 Å². The molecule has 1 aromatic rings. The summed E-state index contributed by atoms with van der Waals surface area (Å²) in [5.74, 6) is 1.09. The highest BCUT2D eigenvalue weighted by Crippen LogP contribution is 2.26. The van der Waals surface area contributed by atoms with Gasteiger partial charge in [-0.25, -0.2) is 0 Å². The highest BCUT2D eigenvalue weighted by atomic mass is 32.2. The quantitative estimate of drug-likeness (QED) is 0.786. The molecule has 0 aliphatic carbocycles.